The molecule has 0 saturated carbocycles. The standard InChI is InChI=1S/C19H24N4O3S/c1-21(2)17(25)15-13-23-10-7-20-18(23)19(26-15)5-8-22(9-6-19)16(24)12-14-4-3-11-27-14/h3-4,7,10-11,15H,5-6,8-9,12-13H2,1-2H3/t15-/m0/s1. The van der Waals surface area contributed by atoms with Crippen LogP contribution in [0.15, 0.2) is 29.9 Å². The number of hydrogen-bond acceptors (Lipinski definition) is 5. The molecule has 144 valence electrons. The number of ether oxygens (including phenoxy) is 1. The normalized spacial score (nSPS) is 21.1. The molecule has 2 aliphatic rings. The van der Waals surface area contributed by atoms with Crippen LogP contribution in [-0.4, -0.2) is 64.5 Å². The van der Waals surface area contributed by atoms with Gasteiger partial charge in [0.05, 0.1) is 13.0 Å². The van der Waals surface area contributed by atoms with Crippen LogP contribution in [0.3, 0.4) is 0 Å². The summed E-state index contributed by atoms with van der Waals surface area (Å²) in [6.07, 6.45) is 4.90. The Morgan fingerprint density at radius 1 is 1.37 bits per heavy atom. The minimum Gasteiger partial charge on any atom is -0.352 e. The Kier molecular flexibility index (Phi) is 4.77. The molecule has 0 N–H and O–H groups in total. The fraction of sp³-hybridized carbons (Fsp3) is 0.526. The van der Waals surface area contributed by atoms with Gasteiger partial charge in [0.25, 0.3) is 5.91 Å². The number of fused-ring (bicyclic) bond motifs is 2. The van der Waals surface area contributed by atoms with Crippen LogP contribution < -0.4 is 0 Å². The Bertz CT molecular complexity index is 822. The predicted molar refractivity (Wildman–Crippen MR) is 101 cm³/mol. The van der Waals surface area contributed by atoms with Crippen LogP contribution in [0, 0.1) is 0 Å². The van der Waals surface area contributed by atoms with Gasteiger partial charge in [-0.15, -0.1) is 11.3 Å². The van der Waals surface area contributed by atoms with Crippen LogP contribution in [0.25, 0.3) is 0 Å². The highest BCUT2D eigenvalue weighted by Crippen LogP contribution is 2.40. The van der Waals surface area contributed by atoms with Crippen LogP contribution in [0.2, 0.25) is 0 Å². The van der Waals surface area contributed by atoms with Gasteiger partial charge in [0.1, 0.15) is 11.4 Å². The third kappa shape index (κ3) is 3.39. The molecule has 1 saturated heterocycles. The van der Waals surface area contributed by atoms with E-state index in [1.807, 2.05) is 33.2 Å². The number of imidazole rings is 1. The zero-order valence-corrected chi connectivity index (χ0v) is 16.4. The lowest BCUT2D eigenvalue weighted by molar-refractivity contribution is -0.181. The molecule has 0 aliphatic carbocycles. The summed E-state index contributed by atoms with van der Waals surface area (Å²) in [5.74, 6) is 0.980. The van der Waals surface area contributed by atoms with Crippen molar-refractivity contribution in [2.75, 3.05) is 27.2 Å². The largest absolute Gasteiger partial charge is 0.352 e. The molecule has 0 aromatic carbocycles. The van der Waals surface area contributed by atoms with E-state index in [2.05, 4.69) is 4.98 Å². The van der Waals surface area contributed by atoms with Crippen LogP contribution >= 0.6 is 11.3 Å². The van der Waals surface area contributed by atoms with Crippen molar-refractivity contribution in [1.82, 2.24) is 19.4 Å². The van der Waals surface area contributed by atoms with Crippen molar-refractivity contribution in [3.8, 4) is 0 Å². The molecular weight excluding hydrogens is 364 g/mol. The molecule has 2 amide bonds. The van der Waals surface area contributed by atoms with Gasteiger partial charge in [-0.1, -0.05) is 6.07 Å². The minimum absolute atomic E-state index is 0.0371. The van der Waals surface area contributed by atoms with E-state index in [4.69, 9.17) is 4.74 Å². The van der Waals surface area contributed by atoms with Crippen LogP contribution in [0.1, 0.15) is 23.5 Å². The monoisotopic (exact) mass is 388 g/mol. The Hall–Kier alpha value is -2.19. The summed E-state index contributed by atoms with van der Waals surface area (Å²) in [5.41, 5.74) is -0.599. The molecule has 0 unspecified atom stereocenters. The quantitative estimate of drug-likeness (QED) is 0.799. The highest BCUT2D eigenvalue weighted by molar-refractivity contribution is 7.10. The topological polar surface area (TPSA) is 67.7 Å². The number of hydrogen-bond donors (Lipinski definition) is 0. The maximum atomic E-state index is 12.6. The molecule has 1 fully saturated rings. The van der Waals surface area contributed by atoms with Gasteiger partial charge in [-0.2, -0.15) is 0 Å². The second-order valence-electron chi connectivity index (χ2n) is 7.37. The van der Waals surface area contributed by atoms with Gasteiger partial charge in [-0.05, 0) is 11.4 Å². The maximum absolute atomic E-state index is 12.6. The molecule has 7 nitrogen and oxygen atoms in total. The van der Waals surface area contributed by atoms with Gasteiger partial charge in [0.2, 0.25) is 5.91 Å². The van der Waals surface area contributed by atoms with Crippen molar-refractivity contribution in [1.29, 1.82) is 0 Å². The number of rotatable bonds is 3. The Morgan fingerprint density at radius 2 is 2.15 bits per heavy atom. The number of nitrogens with zero attached hydrogens (tertiary/aromatic N) is 4. The van der Waals surface area contributed by atoms with Crippen molar-refractivity contribution in [3.05, 3.63) is 40.6 Å². The average molecular weight is 388 g/mol. The van der Waals surface area contributed by atoms with E-state index in [1.54, 1.807) is 36.5 Å². The summed E-state index contributed by atoms with van der Waals surface area (Å²) in [5, 5.41) is 1.99. The third-order valence-electron chi connectivity index (χ3n) is 5.40. The van der Waals surface area contributed by atoms with E-state index in [-0.39, 0.29) is 11.8 Å². The van der Waals surface area contributed by atoms with E-state index in [0.29, 0.717) is 38.9 Å². The van der Waals surface area contributed by atoms with Crippen LogP contribution in [0.4, 0.5) is 0 Å². The second kappa shape index (κ2) is 7.09. The Labute approximate surface area is 162 Å². The van der Waals surface area contributed by atoms with Crippen molar-refractivity contribution >= 4 is 23.2 Å². The predicted octanol–water partition coefficient (Wildman–Crippen LogP) is 1.49. The lowest BCUT2D eigenvalue weighted by Crippen LogP contribution is -2.54. The first-order valence-electron chi connectivity index (χ1n) is 9.19. The van der Waals surface area contributed by atoms with Gasteiger partial charge in [0, 0.05) is 57.3 Å². The van der Waals surface area contributed by atoms with Gasteiger partial charge in [-0.25, -0.2) is 4.98 Å². The second-order valence-corrected chi connectivity index (χ2v) is 8.41. The summed E-state index contributed by atoms with van der Waals surface area (Å²) in [7, 11) is 3.49. The smallest absolute Gasteiger partial charge is 0.253 e. The molecule has 2 aromatic heterocycles. The summed E-state index contributed by atoms with van der Waals surface area (Å²) in [4.78, 5) is 34.2. The number of carbonyl (C=O) groups excluding carboxylic acids is 2. The lowest BCUT2D eigenvalue weighted by atomic mass is 9.88. The van der Waals surface area contributed by atoms with Gasteiger partial charge in [-0.3, -0.25) is 9.59 Å². The molecular formula is C19H24N4O3S. The first-order chi connectivity index (χ1) is 13.0. The van der Waals surface area contributed by atoms with E-state index >= 15 is 0 Å². The summed E-state index contributed by atoms with van der Waals surface area (Å²) in [6, 6.07) is 3.96. The molecule has 27 heavy (non-hydrogen) atoms. The highest BCUT2D eigenvalue weighted by Gasteiger charge is 2.47. The number of amides is 2. The fourth-order valence-corrected chi connectivity index (χ4v) is 4.64. The Morgan fingerprint density at radius 3 is 2.81 bits per heavy atom. The molecule has 0 radical (unpaired) electrons. The minimum atomic E-state index is -0.599. The summed E-state index contributed by atoms with van der Waals surface area (Å²) < 4.78 is 8.37. The Balaban J connectivity index is 1.49. The van der Waals surface area contributed by atoms with E-state index in [0.717, 1.165) is 10.7 Å². The number of likely N-dealkylation sites (N-methyl/N-ethyl adjacent to an activating group) is 1. The molecule has 4 rings (SSSR count). The molecule has 4 heterocycles. The zero-order valence-electron chi connectivity index (χ0n) is 15.6. The van der Waals surface area contributed by atoms with Crippen molar-refractivity contribution < 1.29 is 14.3 Å². The number of likely N-dealkylation sites (tertiary alicyclic amines) is 1. The van der Waals surface area contributed by atoms with Crippen molar-refractivity contribution in [2.24, 2.45) is 0 Å². The maximum Gasteiger partial charge on any atom is 0.253 e. The summed E-state index contributed by atoms with van der Waals surface area (Å²) in [6.45, 7) is 1.70. The fourth-order valence-electron chi connectivity index (χ4n) is 3.95. The van der Waals surface area contributed by atoms with Crippen LogP contribution in [0.5, 0.6) is 0 Å². The van der Waals surface area contributed by atoms with Crippen molar-refractivity contribution in [3.63, 3.8) is 0 Å². The van der Waals surface area contributed by atoms with Gasteiger partial charge in [0.15, 0.2) is 6.10 Å². The number of piperidine rings is 1. The van der Waals surface area contributed by atoms with Gasteiger partial charge >= 0.3 is 0 Å². The molecule has 2 aromatic rings. The number of carbonyl (C=O) groups is 2. The van der Waals surface area contributed by atoms with E-state index < -0.39 is 11.7 Å². The molecule has 8 heteroatoms. The number of aromatic nitrogens is 2. The first kappa shape index (κ1) is 18.2. The first-order valence-corrected chi connectivity index (χ1v) is 10.1. The summed E-state index contributed by atoms with van der Waals surface area (Å²) >= 11 is 1.61. The lowest BCUT2D eigenvalue weighted by Gasteiger charge is -2.45. The van der Waals surface area contributed by atoms with E-state index in [9.17, 15) is 9.59 Å². The van der Waals surface area contributed by atoms with E-state index in [1.165, 1.54) is 0 Å². The number of thiophene rings is 1. The average Bonchev–Trinajstić information content (AvgIpc) is 3.33. The highest BCUT2D eigenvalue weighted by atomic mass is 32.1. The molecule has 2 aliphatic heterocycles. The molecule has 1 spiro atoms. The SMILES string of the molecule is CN(C)C(=O)[C@@H]1Cn2ccnc2C2(CCN(C(=O)Cc3cccs3)CC2)O1. The molecule has 1 atom stereocenters. The third-order valence-corrected chi connectivity index (χ3v) is 6.28. The molecule has 0 bridgehead atoms. The van der Waals surface area contributed by atoms with Gasteiger partial charge < -0.3 is 19.1 Å². The zero-order chi connectivity index (χ0) is 19.0. The van der Waals surface area contributed by atoms with Crippen molar-refractivity contribution in [2.45, 2.75) is 37.5 Å². The van der Waals surface area contributed by atoms with Crippen LogP contribution in [-0.2, 0) is 32.9 Å².